The molecule has 1 aliphatic carbocycles. The number of ether oxygens (including phenoxy) is 2. The number of hydrogen-bond donors (Lipinski definition) is 1. The lowest BCUT2D eigenvalue weighted by Gasteiger charge is -2.28. The van der Waals surface area contributed by atoms with Gasteiger partial charge in [0, 0.05) is 5.69 Å². The molecule has 0 radical (unpaired) electrons. The molecule has 0 bridgehead atoms. The first-order valence-corrected chi connectivity index (χ1v) is 17.8. The van der Waals surface area contributed by atoms with E-state index in [1.165, 1.54) is 32.7 Å². The van der Waals surface area contributed by atoms with Crippen LogP contribution in [0.2, 0.25) is 0 Å². The third-order valence-electron chi connectivity index (χ3n) is 9.97. The van der Waals surface area contributed by atoms with Gasteiger partial charge in [0.15, 0.2) is 0 Å². The van der Waals surface area contributed by atoms with E-state index in [1.807, 2.05) is 31.2 Å². The van der Waals surface area contributed by atoms with Crippen molar-refractivity contribution in [2.24, 2.45) is 0 Å². The van der Waals surface area contributed by atoms with Crippen LogP contribution in [0.5, 0.6) is 0 Å². The lowest BCUT2D eigenvalue weighted by molar-refractivity contribution is 0.0512. The summed E-state index contributed by atoms with van der Waals surface area (Å²) in [6, 6.07) is 37.2. The zero-order valence-electron chi connectivity index (χ0n) is 29.9. The molecule has 0 atom stereocenters. The topological polar surface area (TPSA) is 64.6 Å². The summed E-state index contributed by atoms with van der Waals surface area (Å²) < 4.78 is 11.2. The highest BCUT2D eigenvalue weighted by Gasteiger charge is 2.27. The Morgan fingerprint density at radius 3 is 1.84 bits per heavy atom. The van der Waals surface area contributed by atoms with Gasteiger partial charge in [-0.25, -0.2) is 9.59 Å². The molecule has 0 fully saturated rings. The van der Waals surface area contributed by atoms with Crippen LogP contribution in [0.25, 0.3) is 44.3 Å². The van der Waals surface area contributed by atoms with Gasteiger partial charge < -0.3 is 14.8 Å². The molecule has 6 aromatic carbocycles. The summed E-state index contributed by atoms with van der Waals surface area (Å²) in [5, 5.41) is 8.48. The average Bonchev–Trinajstić information content (AvgIpc) is 3.15. The van der Waals surface area contributed by atoms with Crippen molar-refractivity contribution in [2.45, 2.75) is 53.0 Å². The molecule has 256 valence electrons. The summed E-state index contributed by atoms with van der Waals surface area (Å²) in [5.74, 6) is -0.845. The molecule has 51 heavy (non-hydrogen) atoms. The van der Waals surface area contributed by atoms with E-state index in [2.05, 4.69) is 117 Å². The highest BCUT2D eigenvalue weighted by molar-refractivity contribution is 6.15. The minimum absolute atomic E-state index is 0.236. The number of esters is 2. The molecule has 0 saturated carbocycles. The summed E-state index contributed by atoms with van der Waals surface area (Å²) in [7, 11) is 0. The van der Waals surface area contributed by atoms with Gasteiger partial charge in [-0.1, -0.05) is 96.6 Å². The number of fused-ring (bicyclic) bond motifs is 6. The van der Waals surface area contributed by atoms with Crippen LogP contribution >= 0.6 is 0 Å². The fourth-order valence-corrected chi connectivity index (χ4v) is 7.39. The molecule has 1 N–H and O–H groups in total. The maximum atomic E-state index is 13.7. The first kappa shape index (κ1) is 33.8. The quantitative estimate of drug-likeness (QED) is 0.122. The molecule has 0 aromatic heterocycles. The van der Waals surface area contributed by atoms with Crippen LogP contribution in [0.15, 0.2) is 109 Å². The van der Waals surface area contributed by atoms with Crippen molar-refractivity contribution in [3.05, 3.63) is 148 Å². The number of carbonyl (C=O) groups excluding carboxylic acids is 2. The second kappa shape index (κ2) is 13.9. The van der Waals surface area contributed by atoms with Gasteiger partial charge in [0.05, 0.1) is 29.9 Å². The molecule has 5 heteroatoms. The number of rotatable bonds is 9. The van der Waals surface area contributed by atoms with Crippen molar-refractivity contribution < 1.29 is 19.1 Å². The Bertz CT molecular complexity index is 2310. The molecular weight excluding hydrogens is 631 g/mol. The van der Waals surface area contributed by atoms with E-state index in [-0.39, 0.29) is 18.8 Å². The highest BCUT2D eigenvalue weighted by Crippen LogP contribution is 2.42. The number of benzene rings is 6. The van der Waals surface area contributed by atoms with Crippen LogP contribution in [0.1, 0.15) is 82.6 Å². The molecule has 0 unspecified atom stereocenters. The van der Waals surface area contributed by atoms with Crippen LogP contribution in [0.4, 0.5) is 5.69 Å². The lowest BCUT2D eigenvalue weighted by atomic mass is 9.81. The van der Waals surface area contributed by atoms with E-state index in [9.17, 15) is 9.59 Å². The zero-order valence-corrected chi connectivity index (χ0v) is 29.9. The van der Waals surface area contributed by atoms with E-state index in [0.717, 1.165) is 34.4 Å². The summed E-state index contributed by atoms with van der Waals surface area (Å²) in [6.45, 7) is 10.4. The summed E-state index contributed by atoms with van der Waals surface area (Å²) >= 11 is 0. The van der Waals surface area contributed by atoms with E-state index in [4.69, 9.17) is 9.47 Å². The third-order valence-corrected chi connectivity index (χ3v) is 9.97. The van der Waals surface area contributed by atoms with Crippen LogP contribution in [0.3, 0.4) is 0 Å². The van der Waals surface area contributed by atoms with Crippen molar-refractivity contribution in [1.82, 2.24) is 0 Å². The number of nitrogens with one attached hydrogen (secondary N) is 1. The number of aryl methyl sites for hydroxylation is 2. The summed E-state index contributed by atoms with van der Waals surface area (Å²) in [4.78, 5) is 27.4. The Hall–Kier alpha value is -5.68. The predicted molar refractivity (Wildman–Crippen MR) is 209 cm³/mol. The van der Waals surface area contributed by atoms with Crippen molar-refractivity contribution in [2.75, 3.05) is 18.5 Å². The fourth-order valence-electron chi connectivity index (χ4n) is 7.39. The smallest absolute Gasteiger partial charge is 0.338 e. The molecular formula is C46H43NO4. The van der Waals surface area contributed by atoms with Gasteiger partial charge in [0.25, 0.3) is 0 Å². The zero-order chi connectivity index (χ0) is 35.7. The van der Waals surface area contributed by atoms with Gasteiger partial charge >= 0.3 is 11.9 Å². The van der Waals surface area contributed by atoms with Crippen molar-refractivity contribution in [3.8, 4) is 11.1 Å². The Morgan fingerprint density at radius 2 is 1.22 bits per heavy atom. The monoisotopic (exact) mass is 673 g/mol. The molecule has 5 nitrogen and oxygen atoms in total. The van der Waals surface area contributed by atoms with Gasteiger partial charge in [-0.3, -0.25) is 0 Å². The van der Waals surface area contributed by atoms with Gasteiger partial charge in [-0.2, -0.15) is 0 Å². The molecule has 1 aliphatic rings. The Morgan fingerprint density at radius 1 is 0.667 bits per heavy atom. The number of anilines is 1. The molecule has 0 amide bonds. The maximum Gasteiger partial charge on any atom is 0.338 e. The Balaban J connectivity index is 1.36. The van der Waals surface area contributed by atoms with Crippen LogP contribution in [-0.4, -0.2) is 25.2 Å². The van der Waals surface area contributed by atoms with Gasteiger partial charge in [0.1, 0.15) is 0 Å². The van der Waals surface area contributed by atoms with Gasteiger partial charge in [0.2, 0.25) is 0 Å². The lowest BCUT2D eigenvalue weighted by Crippen LogP contribution is -2.27. The van der Waals surface area contributed by atoms with Crippen LogP contribution in [-0.2, 0) is 21.4 Å². The molecule has 0 spiro atoms. The largest absolute Gasteiger partial charge is 0.462 e. The summed E-state index contributed by atoms with van der Waals surface area (Å²) in [5.41, 5.74) is 9.39. The molecule has 0 saturated heterocycles. The maximum absolute atomic E-state index is 13.7. The Labute approximate surface area is 299 Å². The van der Waals surface area contributed by atoms with Crippen LogP contribution in [0, 0.1) is 6.92 Å². The second-order valence-corrected chi connectivity index (χ2v) is 13.7. The predicted octanol–water partition coefficient (Wildman–Crippen LogP) is 11.2. The number of hydrogen-bond acceptors (Lipinski definition) is 5. The van der Waals surface area contributed by atoms with Gasteiger partial charge in [-0.15, -0.1) is 0 Å². The minimum atomic E-state index is -0.428. The first-order chi connectivity index (χ1) is 24.7. The molecule has 7 rings (SSSR count). The van der Waals surface area contributed by atoms with Gasteiger partial charge in [-0.05, 0) is 132 Å². The second-order valence-electron chi connectivity index (χ2n) is 13.7. The number of allylic oxidation sites excluding steroid dienone is 1. The number of carbonyl (C=O) groups is 2. The molecule has 6 aromatic rings. The standard InChI is InChI=1S/C46H43NO4/c1-6-50-44(48)42-28-40(31-20-25-38-36-14-9-8-12-34(36)35-13-10-11-15-37(35)41(38)26-31)43(45(49)51-7-2)27-39(42)30-18-21-32(22-19-30)46(4,5)47-33-23-16-29(3)17-24-33/h8-19,21-24,26-28,47H,6-7,20,25H2,1-5H3. The van der Waals surface area contributed by atoms with E-state index >= 15 is 0 Å². The molecule has 0 heterocycles. The Kier molecular flexibility index (Phi) is 9.22. The van der Waals surface area contributed by atoms with E-state index < -0.39 is 11.9 Å². The normalized spacial score (nSPS) is 12.7. The van der Waals surface area contributed by atoms with Crippen molar-refractivity contribution >= 4 is 50.8 Å². The first-order valence-electron chi connectivity index (χ1n) is 17.8. The van der Waals surface area contributed by atoms with Crippen molar-refractivity contribution in [1.29, 1.82) is 0 Å². The minimum Gasteiger partial charge on any atom is -0.462 e. The van der Waals surface area contributed by atoms with E-state index in [0.29, 0.717) is 28.7 Å². The van der Waals surface area contributed by atoms with E-state index in [1.54, 1.807) is 6.92 Å². The van der Waals surface area contributed by atoms with Crippen LogP contribution < -0.4 is 5.32 Å². The molecule has 0 aliphatic heterocycles. The third kappa shape index (κ3) is 6.52. The fraction of sp³-hybridized carbons (Fsp3) is 0.217. The highest BCUT2D eigenvalue weighted by atomic mass is 16.5. The summed E-state index contributed by atoms with van der Waals surface area (Å²) in [6.07, 6.45) is 3.72. The SMILES string of the molecule is CCOC(=O)c1cc(-c2ccc(C(C)(C)Nc3ccc(C)cc3)cc2)c(C(=O)OCC)cc1C1=Cc2c(c3ccccc3c3ccccc23)CC1. The van der Waals surface area contributed by atoms with Crippen molar-refractivity contribution in [3.63, 3.8) is 0 Å². The average molecular weight is 674 g/mol.